The molecular formula is C14H26N2S. The van der Waals surface area contributed by atoms with Gasteiger partial charge in [-0.15, -0.1) is 11.3 Å². The third-order valence-electron chi connectivity index (χ3n) is 2.56. The Morgan fingerprint density at radius 2 is 1.94 bits per heavy atom. The van der Waals surface area contributed by atoms with E-state index in [-0.39, 0.29) is 5.54 Å². The van der Waals surface area contributed by atoms with Gasteiger partial charge < -0.3 is 10.6 Å². The number of aryl methyl sites for hydroxylation is 1. The van der Waals surface area contributed by atoms with Crippen molar-refractivity contribution in [3.8, 4) is 0 Å². The van der Waals surface area contributed by atoms with E-state index in [0.29, 0.717) is 0 Å². The quantitative estimate of drug-likeness (QED) is 0.697. The summed E-state index contributed by atoms with van der Waals surface area (Å²) < 4.78 is 0. The highest BCUT2D eigenvalue weighted by Gasteiger charge is 2.06. The van der Waals surface area contributed by atoms with Crippen LogP contribution in [0.15, 0.2) is 17.5 Å². The smallest absolute Gasteiger partial charge is 0.00970 e. The molecule has 0 radical (unpaired) electrons. The molecule has 0 fully saturated rings. The van der Waals surface area contributed by atoms with Crippen molar-refractivity contribution in [3.05, 3.63) is 22.4 Å². The van der Waals surface area contributed by atoms with E-state index in [4.69, 9.17) is 0 Å². The molecule has 1 aromatic heterocycles. The number of nitrogens with one attached hydrogen (secondary N) is 2. The summed E-state index contributed by atoms with van der Waals surface area (Å²) in [5, 5.41) is 9.11. The van der Waals surface area contributed by atoms with Gasteiger partial charge in [-0.3, -0.25) is 0 Å². The molecule has 0 saturated carbocycles. The van der Waals surface area contributed by atoms with E-state index in [1.165, 1.54) is 24.1 Å². The molecule has 1 aromatic rings. The zero-order valence-electron chi connectivity index (χ0n) is 11.4. The van der Waals surface area contributed by atoms with Crippen LogP contribution in [0.1, 0.15) is 38.5 Å². The maximum Gasteiger partial charge on any atom is 0.00970 e. The zero-order chi connectivity index (χ0) is 12.6. The van der Waals surface area contributed by atoms with E-state index in [0.717, 1.165) is 19.6 Å². The fourth-order valence-electron chi connectivity index (χ4n) is 1.65. The number of rotatable bonds is 8. The number of hydrogen-bond donors (Lipinski definition) is 2. The third-order valence-corrected chi connectivity index (χ3v) is 3.50. The molecular weight excluding hydrogens is 228 g/mol. The molecule has 0 bridgehead atoms. The van der Waals surface area contributed by atoms with Gasteiger partial charge in [-0.2, -0.15) is 0 Å². The van der Waals surface area contributed by atoms with Crippen LogP contribution in [-0.4, -0.2) is 25.2 Å². The highest BCUT2D eigenvalue weighted by molar-refractivity contribution is 7.09. The van der Waals surface area contributed by atoms with Crippen molar-refractivity contribution in [2.45, 2.75) is 45.6 Å². The number of thiophene rings is 1. The van der Waals surface area contributed by atoms with Gasteiger partial charge in [-0.1, -0.05) is 6.07 Å². The highest BCUT2D eigenvalue weighted by Crippen LogP contribution is 2.11. The minimum atomic E-state index is 0.237. The van der Waals surface area contributed by atoms with Crippen molar-refractivity contribution >= 4 is 11.3 Å². The second-order valence-corrected chi connectivity index (χ2v) is 6.50. The van der Waals surface area contributed by atoms with Gasteiger partial charge in [0.15, 0.2) is 0 Å². The summed E-state index contributed by atoms with van der Waals surface area (Å²) in [6, 6.07) is 4.36. The second kappa shape index (κ2) is 7.85. The van der Waals surface area contributed by atoms with E-state index in [9.17, 15) is 0 Å². The van der Waals surface area contributed by atoms with Crippen molar-refractivity contribution < 1.29 is 0 Å². The van der Waals surface area contributed by atoms with Crippen molar-refractivity contribution in [1.29, 1.82) is 0 Å². The molecule has 0 aliphatic heterocycles. The third kappa shape index (κ3) is 8.36. The van der Waals surface area contributed by atoms with Gasteiger partial charge >= 0.3 is 0 Å². The molecule has 2 nitrogen and oxygen atoms in total. The molecule has 0 aliphatic rings. The Morgan fingerprint density at radius 3 is 2.59 bits per heavy atom. The van der Waals surface area contributed by atoms with Crippen LogP contribution in [-0.2, 0) is 6.42 Å². The Hall–Kier alpha value is -0.380. The van der Waals surface area contributed by atoms with Crippen LogP contribution in [0.3, 0.4) is 0 Å². The summed E-state index contributed by atoms with van der Waals surface area (Å²) in [6.07, 6.45) is 3.80. The Balaban J connectivity index is 1.85. The molecule has 17 heavy (non-hydrogen) atoms. The topological polar surface area (TPSA) is 24.1 Å². The lowest BCUT2D eigenvalue weighted by Crippen LogP contribution is -2.40. The van der Waals surface area contributed by atoms with Gasteiger partial charge in [0.2, 0.25) is 0 Å². The average molecular weight is 254 g/mol. The maximum atomic E-state index is 3.48. The van der Waals surface area contributed by atoms with Gasteiger partial charge in [0.05, 0.1) is 0 Å². The van der Waals surface area contributed by atoms with Crippen LogP contribution in [0.2, 0.25) is 0 Å². The van der Waals surface area contributed by atoms with Crippen LogP contribution in [0.25, 0.3) is 0 Å². The fourth-order valence-corrected chi connectivity index (χ4v) is 2.41. The van der Waals surface area contributed by atoms with Crippen molar-refractivity contribution in [1.82, 2.24) is 10.6 Å². The normalized spacial score (nSPS) is 11.9. The fraction of sp³-hybridized carbons (Fsp3) is 0.714. The number of unbranched alkanes of at least 4 members (excludes halogenated alkanes) is 1. The summed E-state index contributed by atoms with van der Waals surface area (Å²) in [5.74, 6) is 0. The van der Waals surface area contributed by atoms with Crippen molar-refractivity contribution in [2.75, 3.05) is 19.6 Å². The molecule has 1 rings (SSSR count). The standard InChI is InChI=1S/C14H26N2S/c1-14(2,3)16-11-10-15-9-5-4-7-13-8-6-12-17-13/h6,8,12,15-16H,4-5,7,9-11H2,1-3H3. The molecule has 98 valence electrons. The summed E-state index contributed by atoms with van der Waals surface area (Å²) >= 11 is 1.87. The first kappa shape index (κ1) is 14.7. The van der Waals surface area contributed by atoms with Gasteiger partial charge in [0.25, 0.3) is 0 Å². The lowest BCUT2D eigenvalue weighted by atomic mass is 10.1. The van der Waals surface area contributed by atoms with E-state index in [2.05, 4.69) is 48.9 Å². The highest BCUT2D eigenvalue weighted by atomic mass is 32.1. The first-order valence-electron chi connectivity index (χ1n) is 6.56. The monoisotopic (exact) mass is 254 g/mol. The molecule has 0 atom stereocenters. The Morgan fingerprint density at radius 1 is 1.12 bits per heavy atom. The van der Waals surface area contributed by atoms with Crippen molar-refractivity contribution in [3.63, 3.8) is 0 Å². The van der Waals surface area contributed by atoms with Crippen LogP contribution in [0.4, 0.5) is 0 Å². The minimum Gasteiger partial charge on any atom is -0.315 e. The van der Waals surface area contributed by atoms with Crippen LogP contribution < -0.4 is 10.6 Å². The minimum absolute atomic E-state index is 0.237. The first-order chi connectivity index (χ1) is 8.08. The predicted octanol–water partition coefficient (Wildman–Crippen LogP) is 3.05. The predicted molar refractivity (Wildman–Crippen MR) is 77.9 cm³/mol. The number of hydrogen-bond acceptors (Lipinski definition) is 3. The van der Waals surface area contributed by atoms with E-state index < -0.39 is 0 Å². The zero-order valence-corrected chi connectivity index (χ0v) is 12.2. The van der Waals surface area contributed by atoms with E-state index in [1.807, 2.05) is 11.3 Å². The molecule has 0 aromatic carbocycles. The summed E-state index contributed by atoms with van der Waals surface area (Å²) in [4.78, 5) is 1.51. The Labute approximate surface area is 110 Å². The van der Waals surface area contributed by atoms with Crippen LogP contribution in [0.5, 0.6) is 0 Å². The molecule has 0 amide bonds. The lowest BCUT2D eigenvalue weighted by molar-refractivity contribution is 0.421. The van der Waals surface area contributed by atoms with Gasteiger partial charge in [0, 0.05) is 23.5 Å². The molecule has 1 heterocycles. The van der Waals surface area contributed by atoms with Crippen LogP contribution in [0, 0.1) is 0 Å². The SMILES string of the molecule is CC(C)(C)NCCNCCCCc1cccs1. The largest absolute Gasteiger partial charge is 0.315 e. The summed E-state index contributed by atoms with van der Waals surface area (Å²) in [7, 11) is 0. The molecule has 0 aliphatic carbocycles. The van der Waals surface area contributed by atoms with E-state index >= 15 is 0 Å². The summed E-state index contributed by atoms with van der Waals surface area (Å²) in [5.41, 5.74) is 0.237. The Bertz CT molecular complexity index is 275. The molecule has 2 N–H and O–H groups in total. The first-order valence-corrected chi connectivity index (χ1v) is 7.44. The molecule has 3 heteroatoms. The molecule has 0 spiro atoms. The van der Waals surface area contributed by atoms with Crippen molar-refractivity contribution in [2.24, 2.45) is 0 Å². The van der Waals surface area contributed by atoms with Crippen LogP contribution >= 0.6 is 11.3 Å². The summed E-state index contributed by atoms with van der Waals surface area (Å²) in [6.45, 7) is 9.86. The maximum absolute atomic E-state index is 3.48. The average Bonchev–Trinajstić information content (AvgIpc) is 2.73. The Kier molecular flexibility index (Phi) is 6.78. The molecule has 0 saturated heterocycles. The van der Waals surface area contributed by atoms with Gasteiger partial charge in [0.1, 0.15) is 0 Å². The lowest BCUT2D eigenvalue weighted by Gasteiger charge is -2.20. The van der Waals surface area contributed by atoms with Gasteiger partial charge in [-0.25, -0.2) is 0 Å². The van der Waals surface area contributed by atoms with E-state index in [1.54, 1.807) is 0 Å². The van der Waals surface area contributed by atoms with Gasteiger partial charge in [-0.05, 0) is 58.0 Å². The molecule has 0 unspecified atom stereocenters. The second-order valence-electron chi connectivity index (χ2n) is 5.46.